The van der Waals surface area contributed by atoms with Crippen LogP contribution in [0.3, 0.4) is 0 Å². The molecule has 0 bridgehead atoms. The number of para-hydroxylation sites is 4. The molecule has 6 heterocycles. The van der Waals surface area contributed by atoms with Gasteiger partial charge in [0.25, 0.3) is 0 Å². The predicted octanol–water partition coefficient (Wildman–Crippen LogP) is 13.8. The van der Waals surface area contributed by atoms with Crippen molar-refractivity contribution in [2.45, 2.75) is 94.1 Å². The van der Waals surface area contributed by atoms with E-state index < -0.39 is 24.2 Å². The SMILES string of the molecule is CC1(C)c2cc(C=Cc3ccc4c(c3)-c3cc(N5c6ccccc6[Si]6(CCCC6)c6ccccc65)ccc3[Si]43CCCC3)ccc2-c2ccc(N3c4ccccc4[Si]4(CCCC4)c4ccccc43)cc21. The van der Waals surface area contributed by atoms with Crippen LogP contribution in [0.1, 0.15) is 74.6 Å². The van der Waals surface area contributed by atoms with Crippen LogP contribution in [0, 0.1) is 0 Å². The monoisotopic (exact) mass is 952 g/mol. The molecule has 8 aromatic rings. The van der Waals surface area contributed by atoms with Crippen molar-refractivity contribution in [1.82, 2.24) is 0 Å². The lowest BCUT2D eigenvalue weighted by Crippen LogP contribution is -2.60. The van der Waals surface area contributed by atoms with Crippen LogP contribution in [0.5, 0.6) is 0 Å². The Labute approximate surface area is 417 Å². The maximum absolute atomic E-state index is 2.64. The van der Waals surface area contributed by atoms with Crippen molar-refractivity contribution in [3.05, 3.63) is 192 Å². The second-order valence-electron chi connectivity index (χ2n) is 22.6. The van der Waals surface area contributed by atoms with Crippen molar-refractivity contribution in [2.24, 2.45) is 0 Å². The van der Waals surface area contributed by atoms with Gasteiger partial charge in [-0.25, -0.2) is 0 Å². The van der Waals surface area contributed by atoms with Crippen molar-refractivity contribution in [3.8, 4) is 22.3 Å². The molecule has 2 nitrogen and oxygen atoms in total. The van der Waals surface area contributed by atoms with E-state index in [0.29, 0.717) is 0 Å². The molecule has 1 aliphatic carbocycles. The summed E-state index contributed by atoms with van der Waals surface area (Å²) >= 11 is 0. The lowest BCUT2D eigenvalue weighted by atomic mass is 9.81. The highest BCUT2D eigenvalue weighted by Crippen LogP contribution is 2.53. The van der Waals surface area contributed by atoms with Gasteiger partial charge in [0.1, 0.15) is 24.2 Å². The highest BCUT2D eigenvalue weighted by Gasteiger charge is 2.51. The van der Waals surface area contributed by atoms with Crippen molar-refractivity contribution >= 4 is 102 Å². The summed E-state index contributed by atoms with van der Waals surface area (Å²) in [6, 6.07) is 75.8. The van der Waals surface area contributed by atoms with E-state index in [1.807, 2.05) is 0 Å². The summed E-state index contributed by atoms with van der Waals surface area (Å²) in [5.74, 6) is 0. The van der Waals surface area contributed by atoms with Gasteiger partial charge in [-0.3, -0.25) is 0 Å². The van der Waals surface area contributed by atoms with E-state index in [1.54, 1.807) is 31.1 Å². The first-order valence-electron chi connectivity index (χ1n) is 26.6. The zero-order chi connectivity index (χ0) is 46.4. The number of benzene rings is 8. The van der Waals surface area contributed by atoms with Gasteiger partial charge < -0.3 is 9.80 Å². The number of hydrogen-bond donors (Lipinski definition) is 0. The maximum Gasteiger partial charge on any atom is 0.123 e. The fourth-order valence-corrected chi connectivity index (χ4v) is 32.5. The molecule has 3 spiro atoms. The molecule has 0 aromatic heterocycles. The molecular weight excluding hydrogens is 893 g/mol. The number of fused-ring (bicyclic) bond motifs is 16. The van der Waals surface area contributed by atoms with E-state index in [0.717, 1.165) is 0 Å². The fraction of sp³-hybridized carbons (Fsp3) is 0.231. The Balaban J connectivity index is 0.773. The standard InChI is InChI=1S/C65H60N2Si3/c1-65(2)53-42-46(27-31-49(53)50-32-29-48(44-54(50)65)67-57-19-5-9-23-63(57)70(39-15-16-40-70)64-24-10-6-20-58(64)67)26-25-45-28-33-59-51(41-45)52-43-47(30-34-60(52)68(59)35-11-12-36-68)66-55-17-3-7-21-61(55)69(37-13-14-38-69)62-22-8-4-18-56(62)66/h3-10,17-34,41-44H,11-16,35-40H2,1-2H3. The quantitative estimate of drug-likeness (QED) is 0.128. The third-order valence-electron chi connectivity index (χ3n) is 19.0. The minimum absolute atomic E-state index is 0.134. The minimum Gasteiger partial charge on any atom is -0.311 e. The predicted molar refractivity (Wildman–Crippen MR) is 306 cm³/mol. The second-order valence-corrected chi connectivity index (χ2v) is 35.4. The Bertz CT molecular complexity index is 3430. The highest BCUT2D eigenvalue weighted by molar-refractivity contribution is 7.06. The Morgan fingerprint density at radius 3 is 1.20 bits per heavy atom. The van der Waals surface area contributed by atoms with Crippen LogP contribution in [0.2, 0.25) is 36.3 Å². The van der Waals surface area contributed by atoms with E-state index in [9.17, 15) is 0 Å². The van der Waals surface area contributed by atoms with Gasteiger partial charge in [0.05, 0.1) is 0 Å². The summed E-state index contributed by atoms with van der Waals surface area (Å²) in [6.45, 7) is 4.89. The molecule has 0 unspecified atom stereocenters. The molecule has 0 amide bonds. The molecule has 70 heavy (non-hydrogen) atoms. The normalized spacial score (nSPS) is 19.5. The molecule has 3 fully saturated rings. The van der Waals surface area contributed by atoms with Gasteiger partial charge in [-0.15, -0.1) is 0 Å². The molecule has 6 aliphatic heterocycles. The van der Waals surface area contributed by atoms with Crippen LogP contribution in [0.15, 0.2) is 170 Å². The van der Waals surface area contributed by atoms with Crippen molar-refractivity contribution in [2.75, 3.05) is 9.80 Å². The van der Waals surface area contributed by atoms with Gasteiger partial charge in [0.15, 0.2) is 0 Å². The first-order valence-corrected chi connectivity index (χ1v) is 33.9. The van der Waals surface area contributed by atoms with E-state index in [4.69, 9.17) is 0 Å². The van der Waals surface area contributed by atoms with Gasteiger partial charge >= 0.3 is 0 Å². The van der Waals surface area contributed by atoms with Gasteiger partial charge in [-0.05, 0) is 166 Å². The Morgan fingerprint density at radius 1 is 0.343 bits per heavy atom. The zero-order valence-corrected chi connectivity index (χ0v) is 43.7. The molecule has 5 heteroatoms. The van der Waals surface area contributed by atoms with Crippen LogP contribution in [-0.4, -0.2) is 24.2 Å². The molecule has 15 rings (SSSR count). The molecule has 0 radical (unpaired) electrons. The van der Waals surface area contributed by atoms with Crippen LogP contribution in [0.4, 0.5) is 34.1 Å². The molecule has 7 aliphatic rings. The van der Waals surface area contributed by atoms with Crippen LogP contribution < -0.4 is 40.9 Å². The van der Waals surface area contributed by atoms with Gasteiger partial charge in [-0.2, -0.15) is 0 Å². The zero-order valence-electron chi connectivity index (χ0n) is 40.7. The number of anilines is 6. The van der Waals surface area contributed by atoms with Crippen molar-refractivity contribution in [3.63, 3.8) is 0 Å². The minimum atomic E-state index is -1.82. The van der Waals surface area contributed by atoms with Crippen LogP contribution >= 0.6 is 0 Å². The van der Waals surface area contributed by atoms with Gasteiger partial charge in [0.2, 0.25) is 0 Å². The van der Waals surface area contributed by atoms with Crippen molar-refractivity contribution in [1.29, 1.82) is 0 Å². The molecule has 0 N–H and O–H groups in total. The summed E-state index contributed by atoms with van der Waals surface area (Å²) in [7, 11) is -5.40. The van der Waals surface area contributed by atoms with Crippen LogP contribution in [0.25, 0.3) is 34.4 Å². The summed E-state index contributed by atoms with van der Waals surface area (Å²) in [4.78, 5) is 5.23. The third-order valence-corrected chi connectivity index (χ3v) is 35.0. The number of nitrogens with zero attached hydrogens (tertiary/aromatic N) is 2. The maximum atomic E-state index is 2.64. The number of hydrogen-bond acceptors (Lipinski definition) is 2. The molecule has 342 valence electrons. The summed E-state index contributed by atoms with van der Waals surface area (Å²) in [6.07, 6.45) is 12.9. The smallest absolute Gasteiger partial charge is 0.123 e. The average Bonchev–Trinajstić information content (AvgIpc) is 4.27. The lowest BCUT2D eigenvalue weighted by molar-refractivity contribution is 0.660. The van der Waals surface area contributed by atoms with Crippen LogP contribution in [-0.2, 0) is 5.41 Å². The second kappa shape index (κ2) is 15.1. The van der Waals surface area contributed by atoms with Gasteiger partial charge in [-0.1, -0.05) is 180 Å². The van der Waals surface area contributed by atoms with Gasteiger partial charge in [0, 0.05) is 39.5 Å². The topological polar surface area (TPSA) is 6.48 Å². The van der Waals surface area contributed by atoms with Crippen molar-refractivity contribution < 1.29 is 0 Å². The Hall–Kier alpha value is -6.25. The largest absolute Gasteiger partial charge is 0.311 e. The Morgan fingerprint density at radius 2 is 0.700 bits per heavy atom. The van der Waals surface area contributed by atoms with E-state index in [-0.39, 0.29) is 5.41 Å². The molecular formula is C65H60N2Si3. The first kappa shape index (κ1) is 41.5. The summed E-state index contributed by atoms with van der Waals surface area (Å²) in [5, 5.41) is 9.93. The van der Waals surface area contributed by atoms with E-state index in [2.05, 4.69) is 206 Å². The molecule has 3 saturated heterocycles. The molecule has 0 atom stereocenters. The summed E-state index contributed by atoms with van der Waals surface area (Å²) in [5.41, 5.74) is 19.3. The first-order chi connectivity index (χ1) is 34.4. The van der Waals surface area contributed by atoms with E-state index in [1.165, 1.54) is 153 Å². The summed E-state index contributed by atoms with van der Waals surface area (Å²) < 4.78 is 0. The number of rotatable bonds is 4. The fourth-order valence-electron chi connectivity index (χ4n) is 15.9. The average molecular weight is 953 g/mol. The van der Waals surface area contributed by atoms with E-state index >= 15 is 0 Å². The highest BCUT2D eigenvalue weighted by atomic mass is 28.3. The Kier molecular flexibility index (Phi) is 8.98. The molecule has 8 aromatic carbocycles. The lowest BCUT2D eigenvalue weighted by Gasteiger charge is -2.43. The third kappa shape index (κ3) is 5.60. The molecule has 0 saturated carbocycles.